The van der Waals surface area contributed by atoms with Gasteiger partial charge in [0.05, 0.1) is 5.82 Å². The number of hydrogen-bond acceptors (Lipinski definition) is 1. The van der Waals surface area contributed by atoms with Gasteiger partial charge in [0.1, 0.15) is 0 Å². The Balaban J connectivity index is 0.000000845. The first-order chi connectivity index (χ1) is 5.70. The van der Waals surface area contributed by atoms with Crippen LogP contribution in [0.25, 0.3) is 11.0 Å². The Bertz CT molecular complexity index is 432. The summed E-state index contributed by atoms with van der Waals surface area (Å²) in [5, 5.41) is 0. The normalized spacial score (nSPS) is 10.1. The molecule has 3 heteroatoms. The Kier molecular flexibility index (Phi) is 3.25. The average Bonchev–Trinajstić information content (AvgIpc) is 2.32. The minimum Gasteiger partial charge on any atom is -0.385 e. The molecule has 13 heavy (non-hydrogen) atoms. The van der Waals surface area contributed by atoms with Gasteiger partial charge < -0.3 is 4.57 Å². The Hall–Kier alpha value is -0.206. The molecule has 0 aliphatic rings. The van der Waals surface area contributed by atoms with Crippen molar-refractivity contribution in [2.45, 2.75) is 13.8 Å². The predicted molar refractivity (Wildman–Crippen MR) is 49.0 cm³/mol. The Morgan fingerprint density at radius 2 is 2.00 bits per heavy atom. The SMILES string of the molecule is Cc1c[c-]cc2c1nc(C)n2C.[Y]. The van der Waals surface area contributed by atoms with Crippen LogP contribution in [0.4, 0.5) is 0 Å². The van der Waals surface area contributed by atoms with Gasteiger partial charge in [-0.1, -0.05) is 6.92 Å². The number of hydrogen-bond donors (Lipinski definition) is 0. The van der Waals surface area contributed by atoms with Gasteiger partial charge in [-0.2, -0.15) is 18.2 Å². The molecule has 0 saturated carbocycles. The van der Waals surface area contributed by atoms with Crippen LogP contribution in [-0.2, 0) is 39.8 Å². The number of aryl methyl sites for hydroxylation is 3. The largest absolute Gasteiger partial charge is 0.385 e. The zero-order valence-corrected chi connectivity index (χ0v) is 11.0. The van der Waals surface area contributed by atoms with E-state index in [1.54, 1.807) is 0 Å². The fraction of sp³-hybridized carbons (Fsp3) is 0.300. The van der Waals surface area contributed by atoms with Gasteiger partial charge in [0.15, 0.2) is 0 Å². The number of fused-ring (bicyclic) bond motifs is 1. The third-order valence-electron chi connectivity index (χ3n) is 2.26. The van der Waals surface area contributed by atoms with Crippen molar-refractivity contribution < 1.29 is 32.7 Å². The molecule has 0 spiro atoms. The molecular formula is C10H11N2Y-. The fourth-order valence-electron chi connectivity index (χ4n) is 1.40. The van der Waals surface area contributed by atoms with E-state index >= 15 is 0 Å². The van der Waals surface area contributed by atoms with Crippen LogP contribution in [0.1, 0.15) is 11.4 Å². The smallest absolute Gasteiger partial charge is 0.0924 e. The van der Waals surface area contributed by atoms with Gasteiger partial charge in [-0.3, -0.25) is 4.98 Å². The number of rotatable bonds is 0. The van der Waals surface area contributed by atoms with Gasteiger partial charge >= 0.3 is 0 Å². The quantitative estimate of drug-likeness (QED) is 0.652. The second-order valence-corrected chi connectivity index (χ2v) is 3.09. The second-order valence-electron chi connectivity index (χ2n) is 3.09. The molecule has 0 aliphatic heterocycles. The summed E-state index contributed by atoms with van der Waals surface area (Å²) in [6.45, 7) is 4.07. The Labute approximate surface area is 103 Å². The van der Waals surface area contributed by atoms with Crippen LogP contribution >= 0.6 is 0 Å². The summed E-state index contributed by atoms with van der Waals surface area (Å²) in [6.07, 6.45) is 0. The van der Waals surface area contributed by atoms with Crippen molar-refractivity contribution in [1.29, 1.82) is 0 Å². The van der Waals surface area contributed by atoms with Crippen LogP contribution < -0.4 is 0 Å². The molecule has 0 unspecified atom stereocenters. The molecule has 0 bridgehead atoms. The molecule has 0 aliphatic carbocycles. The molecule has 1 aromatic heterocycles. The van der Waals surface area contributed by atoms with Gasteiger partial charge in [0.25, 0.3) is 0 Å². The van der Waals surface area contributed by atoms with Crippen LogP contribution in [0.5, 0.6) is 0 Å². The molecule has 1 aromatic carbocycles. The molecule has 2 aromatic rings. The summed E-state index contributed by atoms with van der Waals surface area (Å²) in [5.41, 5.74) is 3.44. The molecule has 0 saturated heterocycles. The van der Waals surface area contributed by atoms with Crippen molar-refractivity contribution in [3.8, 4) is 0 Å². The minimum atomic E-state index is 0. The monoisotopic (exact) mass is 248 g/mol. The van der Waals surface area contributed by atoms with Gasteiger partial charge in [0.2, 0.25) is 0 Å². The number of nitrogens with zero attached hydrogens (tertiary/aromatic N) is 2. The zero-order chi connectivity index (χ0) is 8.72. The molecule has 65 valence electrons. The van der Waals surface area contributed by atoms with Gasteiger partial charge in [0, 0.05) is 39.8 Å². The van der Waals surface area contributed by atoms with Crippen LogP contribution in [0, 0.1) is 19.9 Å². The Morgan fingerprint density at radius 3 is 2.62 bits per heavy atom. The van der Waals surface area contributed by atoms with Crippen LogP contribution in [0.15, 0.2) is 12.1 Å². The summed E-state index contributed by atoms with van der Waals surface area (Å²) in [6, 6.07) is 7.04. The van der Waals surface area contributed by atoms with Gasteiger partial charge in [-0.15, -0.1) is 5.56 Å². The van der Waals surface area contributed by atoms with Crippen molar-refractivity contribution in [3.63, 3.8) is 0 Å². The molecule has 1 heterocycles. The van der Waals surface area contributed by atoms with Gasteiger partial charge in [-0.05, 0) is 18.0 Å². The summed E-state index contributed by atoms with van der Waals surface area (Å²) in [7, 11) is 2.03. The van der Waals surface area contributed by atoms with Gasteiger partial charge in [-0.25, -0.2) is 0 Å². The predicted octanol–water partition coefficient (Wildman–Crippen LogP) is 1.99. The summed E-state index contributed by atoms with van der Waals surface area (Å²) in [5.74, 6) is 1.05. The van der Waals surface area contributed by atoms with Crippen LogP contribution in [-0.4, -0.2) is 9.55 Å². The maximum atomic E-state index is 4.46. The molecular weight excluding hydrogens is 237 g/mol. The first kappa shape index (κ1) is 10.9. The van der Waals surface area contributed by atoms with Crippen LogP contribution in [0.3, 0.4) is 0 Å². The molecule has 0 amide bonds. The van der Waals surface area contributed by atoms with Crippen molar-refractivity contribution in [2.75, 3.05) is 0 Å². The maximum absolute atomic E-state index is 4.46. The van der Waals surface area contributed by atoms with E-state index in [-0.39, 0.29) is 32.7 Å². The Morgan fingerprint density at radius 1 is 1.31 bits per heavy atom. The molecule has 0 atom stereocenters. The number of benzene rings is 1. The summed E-state index contributed by atoms with van der Waals surface area (Å²) < 4.78 is 2.08. The molecule has 0 N–H and O–H groups in total. The van der Waals surface area contributed by atoms with Crippen molar-refractivity contribution >= 4 is 11.0 Å². The van der Waals surface area contributed by atoms with E-state index in [0.29, 0.717) is 0 Å². The van der Waals surface area contributed by atoms with E-state index in [1.165, 1.54) is 5.56 Å². The van der Waals surface area contributed by atoms with E-state index in [4.69, 9.17) is 0 Å². The number of aromatic nitrogens is 2. The topological polar surface area (TPSA) is 17.8 Å². The van der Waals surface area contributed by atoms with E-state index in [2.05, 4.69) is 22.5 Å². The average molecular weight is 248 g/mol. The minimum absolute atomic E-state index is 0. The maximum Gasteiger partial charge on any atom is 0.0924 e. The molecule has 2 nitrogen and oxygen atoms in total. The third kappa shape index (κ3) is 1.70. The molecule has 0 fully saturated rings. The first-order valence-corrected chi connectivity index (χ1v) is 4.00. The van der Waals surface area contributed by atoms with Crippen molar-refractivity contribution in [1.82, 2.24) is 9.55 Å². The fourth-order valence-corrected chi connectivity index (χ4v) is 1.40. The standard InChI is InChI=1S/C10H11N2.Y/c1-7-5-4-6-9-10(7)11-8(2)12(9)3;/h5-6H,1-3H3;/q-1;. The third-order valence-corrected chi connectivity index (χ3v) is 2.26. The van der Waals surface area contributed by atoms with Crippen molar-refractivity contribution in [2.24, 2.45) is 7.05 Å². The molecule has 1 radical (unpaired) electrons. The van der Waals surface area contributed by atoms with E-state index in [0.717, 1.165) is 16.9 Å². The van der Waals surface area contributed by atoms with E-state index in [1.807, 2.05) is 26.1 Å². The van der Waals surface area contributed by atoms with E-state index < -0.39 is 0 Å². The van der Waals surface area contributed by atoms with Crippen molar-refractivity contribution in [3.05, 3.63) is 29.6 Å². The summed E-state index contributed by atoms with van der Waals surface area (Å²) >= 11 is 0. The first-order valence-electron chi connectivity index (χ1n) is 4.00. The van der Waals surface area contributed by atoms with Crippen LogP contribution in [0.2, 0.25) is 0 Å². The second kappa shape index (κ2) is 3.89. The van der Waals surface area contributed by atoms with E-state index in [9.17, 15) is 0 Å². The molecule has 2 rings (SSSR count). The summed E-state index contributed by atoms with van der Waals surface area (Å²) in [4.78, 5) is 4.46. The zero-order valence-electron chi connectivity index (χ0n) is 8.13. The number of imidazole rings is 1.